The van der Waals surface area contributed by atoms with Crippen molar-refractivity contribution in [1.29, 1.82) is 0 Å². The van der Waals surface area contributed by atoms with Crippen molar-refractivity contribution >= 4 is 0 Å². The fourth-order valence-electron chi connectivity index (χ4n) is 3.57. The fourth-order valence-corrected chi connectivity index (χ4v) is 3.57. The Balaban J connectivity index is 1.64. The fraction of sp³-hybridized carbons (Fsp3) is 0.667. The zero-order chi connectivity index (χ0) is 13.8. The van der Waals surface area contributed by atoms with E-state index in [1.54, 1.807) is 0 Å². The van der Waals surface area contributed by atoms with Crippen LogP contribution in [-0.4, -0.2) is 12.6 Å². The summed E-state index contributed by atoms with van der Waals surface area (Å²) in [6, 6.07) is 7.32. The number of ether oxygens (including phenoxy) is 1. The molecule has 3 rings (SSSR count). The molecular formula is C18H27NO. The second kappa shape index (κ2) is 6.62. The highest BCUT2D eigenvalue weighted by Gasteiger charge is 2.22. The highest BCUT2D eigenvalue weighted by atomic mass is 16.5. The maximum atomic E-state index is 6.18. The molecule has 0 amide bonds. The molecule has 0 bridgehead atoms. The van der Waals surface area contributed by atoms with E-state index in [9.17, 15) is 0 Å². The van der Waals surface area contributed by atoms with E-state index in [0.717, 1.165) is 12.3 Å². The molecule has 1 aromatic carbocycles. The Bertz CT molecular complexity index is 437. The number of nitrogens with one attached hydrogen (secondary N) is 1. The maximum absolute atomic E-state index is 6.18. The summed E-state index contributed by atoms with van der Waals surface area (Å²) in [5.74, 6) is 1.09. The summed E-state index contributed by atoms with van der Waals surface area (Å²) in [7, 11) is 0. The summed E-state index contributed by atoms with van der Waals surface area (Å²) in [5.41, 5.74) is 2.99. The molecule has 2 aliphatic carbocycles. The molecule has 0 aliphatic heterocycles. The minimum atomic E-state index is 0.456. The Morgan fingerprint density at radius 1 is 1.15 bits per heavy atom. The summed E-state index contributed by atoms with van der Waals surface area (Å²) in [6.45, 7) is 3.34. The van der Waals surface area contributed by atoms with Crippen molar-refractivity contribution in [2.45, 2.75) is 70.4 Å². The van der Waals surface area contributed by atoms with Gasteiger partial charge in [0.1, 0.15) is 5.75 Å². The van der Waals surface area contributed by atoms with Gasteiger partial charge in [-0.2, -0.15) is 0 Å². The van der Waals surface area contributed by atoms with Crippen LogP contribution in [0.15, 0.2) is 18.2 Å². The first-order valence-corrected chi connectivity index (χ1v) is 8.39. The smallest absolute Gasteiger partial charge is 0.120 e. The third-order valence-electron chi connectivity index (χ3n) is 4.69. The van der Waals surface area contributed by atoms with Gasteiger partial charge in [0.2, 0.25) is 0 Å². The van der Waals surface area contributed by atoms with Gasteiger partial charge in [-0.05, 0) is 74.8 Å². The molecule has 0 radical (unpaired) electrons. The van der Waals surface area contributed by atoms with Crippen LogP contribution in [0.5, 0.6) is 5.75 Å². The quantitative estimate of drug-likeness (QED) is 0.859. The van der Waals surface area contributed by atoms with Gasteiger partial charge in [0.05, 0.1) is 6.10 Å². The number of fused-ring (bicyclic) bond motifs is 1. The predicted molar refractivity (Wildman–Crippen MR) is 83.3 cm³/mol. The normalized spacial score (nSPS) is 22.8. The van der Waals surface area contributed by atoms with Gasteiger partial charge < -0.3 is 10.1 Å². The summed E-state index contributed by atoms with van der Waals surface area (Å²) in [6.07, 6.45) is 10.6. The molecule has 2 aliphatic rings. The highest BCUT2D eigenvalue weighted by Crippen LogP contribution is 2.34. The number of hydrogen-bond donors (Lipinski definition) is 1. The average Bonchev–Trinajstić information content (AvgIpc) is 2.88. The first-order chi connectivity index (χ1) is 9.86. The first-order valence-electron chi connectivity index (χ1n) is 8.39. The number of benzene rings is 1. The van der Waals surface area contributed by atoms with Crippen LogP contribution < -0.4 is 10.1 Å². The monoisotopic (exact) mass is 273 g/mol. The van der Waals surface area contributed by atoms with Crippen molar-refractivity contribution in [3.05, 3.63) is 29.3 Å². The molecular weight excluding hydrogens is 246 g/mol. The van der Waals surface area contributed by atoms with E-state index >= 15 is 0 Å². The molecule has 1 N–H and O–H groups in total. The molecule has 2 nitrogen and oxygen atoms in total. The minimum absolute atomic E-state index is 0.456. The predicted octanol–water partition coefficient (Wildman–Crippen LogP) is 4.39. The molecule has 1 saturated carbocycles. The van der Waals surface area contributed by atoms with E-state index in [2.05, 4.69) is 30.4 Å². The second-order valence-corrected chi connectivity index (χ2v) is 6.28. The minimum Gasteiger partial charge on any atom is -0.490 e. The van der Waals surface area contributed by atoms with Gasteiger partial charge in [-0.1, -0.05) is 19.4 Å². The SMILES string of the molecule is CCCNC1CCc2cc(OC3CCCCC3)ccc21. The number of hydrogen-bond acceptors (Lipinski definition) is 2. The topological polar surface area (TPSA) is 21.3 Å². The lowest BCUT2D eigenvalue weighted by atomic mass is 9.98. The molecule has 1 atom stereocenters. The summed E-state index contributed by atoms with van der Waals surface area (Å²) >= 11 is 0. The molecule has 0 saturated heterocycles. The van der Waals surface area contributed by atoms with Gasteiger partial charge in [0.25, 0.3) is 0 Å². The number of aryl methyl sites for hydroxylation is 1. The van der Waals surface area contributed by atoms with E-state index in [4.69, 9.17) is 4.74 Å². The molecule has 0 spiro atoms. The average molecular weight is 273 g/mol. The van der Waals surface area contributed by atoms with Crippen LogP contribution in [0, 0.1) is 0 Å². The van der Waals surface area contributed by atoms with E-state index in [1.165, 1.54) is 62.5 Å². The van der Waals surface area contributed by atoms with E-state index in [-0.39, 0.29) is 0 Å². The van der Waals surface area contributed by atoms with Crippen LogP contribution in [-0.2, 0) is 6.42 Å². The Labute approximate surface area is 122 Å². The van der Waals surface area contributed by atoms with Gasteiger partial charge in [0.15, 0.2) is 0 Å². The van der Waals surface area contributed by atoms with Crippen molar-refractivity contribution in [2.24, 2.45) is 0 Å². The zero-order valence-electron chi connectivity index (χ0n) is 12.7. The van der Waals surface area contributed by atoms with Crippen molar-refractivity contribution in [2.75, 3.05) is 6.54 Å². The van der Waals surface area contributed by atoms with E-state index in [0.29, 0.717) is 12.1 Å². The summed E-state index contributed by atoms with van der Waals surface area (Å²) in [4.78, 5) is 0. The molecule has 20 heavy (non-hydrogen) atoms. The van der Waals surface area contributed by atoms with Crippen molar-refractivity contribution < 1.29 is 4.74 Å². The first kappa shape index (κ1) is 13.9. The van der Waals surface area contributed by atoms with Crippen molar-refractivity contribution in [1.82, 2.24) is 5.32 Å². The number of rotatable bonds is 5. The molecule has 1 unspecified atom stereocenters. The van der Waals surface area contributed by atoms with Gasteiger partial charge in [-0.3, -0.25) is 0 Å². The Morgan fingerprint density at radius 3 is 2.80 bits per heavy atom. The lowest BCUT2D eigenvalue weighted by molar-refractivity contribution is 0.155. The van der Waals surface area contributed by atoms with Crippen LogP contribution in [0.25, 0.3) is 0 Å². The standard InChI is InChI=1S/C18H27NO/c1-2-12-19-18-11-8-14-13-16(9-10-17(14)18)20-15-6-4-3-5-7-15/h9-10,13,15,18-19H,2-8,11-12H2,1H3. The van der Waals surface area contributed by atoms with Crippen molar-refractivity contribution in [3.8, 4) is 5.75 Å². The van der Waals surface area contributed by atoms with Crippen LogP contribution in [0.3, 0.4) is 0 Å². The lowest BCUT2D eigenvalue weighted by Crippen LogP contribution is -2.20. The van der Waals surface area contributed by atoms with Gasteiger partial charge >= 0.3 is 0 Å². The van der Waals surface area contributed by atoms with Crippen LogP contribution in [0.2, 0.25) is 0 Å². The second-order valence-electron chi connectivity index (χ2n) is 6.28. The molecule has 1 aromatic rings. The lowest BCUT2D eigenvalue weighted by Gasteiger charge is -2.23. The van der Waals surface area contributed by atoms with E-state index < -0.39 is 0 Å². The summed E-state index contributed by atoms with van der Waals surface area (Å²) < 4.78 is 6.18. The van der Waals surface area contributed by atoms with Gasteiger partial charge in [0, 0.05) is 6.04 Å². The third-order valence-corrected chi connectivity index (χ3v) is 4.69. The highest BCUT2D eigenvalue weighted by molar-refractivity contribution is 5.40. The molecule has 0 aromatic heterocycles. The van der Waals surface area contributed by atoms with Gasteiger partial charge in [-0.15, -0.1) is 0 Å². The van der Waals surface area contributed by atoms with Gasteiger partial charge in [-0.25, -0.2) is 0 Å². The van der Waals surface area contributed by atoms with E-state index in [1.807, 2.05) is 0 Å². The van der Waals surface area contributed by atoms with Crippen LogP contribution in [0.1, 0.15) is 69.0 Å². The third kappa shape index (κ3) is 3.17. The van der Waals surface area contributed by atoms with Crippen molar-refractivity contribution in [3.63, 3.8) is 0 Å². The Hall–Kier alpha value is -1.02. The summed E-state index contributed by atoms with van der Waals surface area (Å²) in [5, 5.41) is 3.65. The maximum Gasteiger partial charge on any atom is 0.120 e. The molecule has 1 fully saturated rings. The van der Waals surface area contributed by atoms with Crippen LogP contribution in [0.4, 0.5) is 0 Å². The molecule has 0 heterocycles. The molecule has 110 valence electrons. The van der Waals surface area contributed by atoms with Crippen LogP contribution >= 0.6 is 0 Å². The Kier molecular flexibility index (Phi) is 4.62. The zero-order valence-corrected chi connectivity index (χ0v) is 12.7. The Morgan fingerprint density at radius 2 is 2.00 bits per heavy atom. The molecule has 2 heteroatoms. The largest absolute Gasteiger partial charge is 0.490 e.